The van der Waals surface area contributed by atoms with Crippen molar-refractivity contribution in [2.24, 2.45) is 0 Å². The van der Waals surface area contributed by atoms with Gasteiger partial charge >= 0.3 is 10.4 Å². The molecule has 10 nitrogen and oxygen atoms in total. The lowest BCUT2D eigenvalue weighted by Gasteiger charge is -2.05. The van der Waals surface area contributed by atoms with Crippen LogP contribution in [0.1, 0.15) is 0 Å². The Morgan fingerprint density at radius 1 is 1.12 bits per heavy atom. The first-order chi connectivity index (χ1) is 11.4. The van der Waals surface area contributed by atoms with Crippen molar-refractivity contribution in [2.45, 2.75) is 4.90 Å². The predicted octanol–water partition coefficient (Wildman–Crippen LogP) is 0.136. The van der Waals surface area contributed by atoms with Gasteiger partial charge in [-0.05, 0) is 23.1 Å². The Bertz CT molecular complexity index is 1190. The van der Waals surface area contributed by atoms with Crippen LogP contribution in [0.25, 0.3) is 21.9 Å². The SMILES string of the molecule is Nc1c2cc3cc-2ccc3c1S(=O)(=O)O.O=S(=O)=CCOS(=O)(=O)O. The lowest BCUT2D eigenvalue weighted by atomic mass is 10.1. The molecule has 1 aliphatic rings. The highest BCUT2D eigenvalue weighted by molar-refractivity contribution is 7.86. The van der Waals surface area contributed by atoms with E-state index < -0.39 is 37.4 Å². The zero-order valence-corrected chi connectivity index (χ0v) is 14.6. The number of fused-ring (bicyclic) bond motifs is 3. The molecular formula is C12H11NO9S3. The Kier molecular flexibility index (Phi) is 5.17. The van der Waals surface area contributed by atoms with Crippen LogP contribution in [0.15, 0.2) is 29.2 Å². The van der Waals surface area contributed by atoms with E-state index in [4.69, 9.17) is 14.8 Å². The highest BCUT2D eigenvalue weighted by atomic mass is 32.3. The molecule has 0 fully saturated rings. The van der Waals surface area contributed by atoms with Crippen molar-refractivity contribution in [2.75, 3.05) is 12.3 Å². The second-order valence-corrected chi connectivity index (χ2v) is 8.02. The fourth-order valence-corrected chi connectivity index (χ4v) is 3.60. The Hall–Kier alpha value is -2.03. The zero-order valence-electron chi connectivity index (χ0n) is 12.1. The molecule has 0 aromatic heterocycles. The number of benzene rings is 2. The van der Waals surface area contributed by atoms with E-state index in [1.165, 1.54) is 0 Å². The number of hydrogen-bond acceptors (Lipinski definition) is 8. The van der Waals surface area contributed by atoms with E-state index >= 15 is 0 Å². The van der Waals surface area contributed by atoms with E-state index in [0.29, 0.717) is 16.3 Å². The van der Waals surface area contributed by atoms with E-state index in [2.05, 4.69) is 4.18 Å². The van der Waals surface area contributed by atoms with Gasteiger partial charge in [0.25, 0.3) is 10.1 Å². The molecule has 0 atom stereocenters. The predicted molar refractivity (Wildman–Crippen MR) is 89.7 cm³/mol. The van der Waals surface area contributed by atoms with E-state index in [9.17, 15) is 25.3 Å². The van der Waals surface area contributed by atoms with Gasteiger partial charge in [-0.3, -0.25) is 9.11 Å². The van der Waals surface area contributed by atoms with Crippen LogP contribution in [0.2, 0.25) is 0 Å². The largest absolute Gasteiger partial charge is 0.397 e. The van der Waals surface area contributed by atoms with Crippen molar-refractivity contribution in [3.8, 4) is 11.1 Å². The highest BCUT2D eigenvalue weighted by Crippen LogP contribution is 2.43. The summed E-state index contributed by atoms with van der Waals surface area (Å²) in [5, 5.41) is 1.82. The number of hydrogen-bond donors (Lipinski definition) is 3. The lowest BCUT2D eigenvalue weighted by molar-refractivity contribution is 0.307. The second-order valence-electron chi connectivity index (χ2n) is 4.72. The maximum Gasteiger partial charge on any atom is 0.397 e. The molecule has 0 unspecified atom stereocenters. The Labute approximate surface area is 144 Å². The quantitative estimate of drug-likeness (QED) is 0.305. The minimum atomic E-state index is -4.52. The van der Waals surface area contributed by atoms with E-state index in [0.717, 1.165) is 10.9 Å². The molecule has 0 amide bonds. The fourth-order valence-electron chi connectivity index (χ4n) is 2.24. The van der Waals surface area contributed by atoms with Gasteiger partial charge in [0.1, 0.15) is 11.5 Å². The molecule has 3 bridgehead atoms. The van der Waals surface area contributed by atoms with Crippen LogP contribution in [0.4, 0.5) is 5.69 Å². The molecule has 0 spiro atoms. The van der Waals surface area contributed by atoms with Crippen LogP contribution in [0.3, 0.4) is 0 Å². The van der Waals surface area contributed by atoms with Crippen LogP contribution >= 0.6 is 0 Å². The van der Waals surface area contributed by atoms with Crippen LogP contribution < -0.4 is 5.73 Å². The molecule has 0 radical (unpaired) electrons. The summed E-state index contributed by atoms with van der Waals surface area (Å²) >= 11 is 0. The average molecular weight is 409 g/mol. The van der Waals surface area contributed by atoms with Crippen molar-refractivity contribution in [3.05, 3.63) is 24.3 Å². The molecule has 3 rings (SSSR count). The molecule has 0 aliphatic heterocycles. The third kappa shape index (κ3) is 4.53. The number of rotatable bonds is 4. The molecule has 0 saturated carbocycles. The van der Waals surface area contributed by atoms with Crippen molar-refractivity contribution in [1.82, 2.24) is 0 Å². The number of nitrogen functional groups attached to an aromatic ring is 1. The summed E-state index contributed by atoms with van der Waals surface area (Å²) in [4.78, 5) is -0.171. The first-order valence-electron chi connectivity index (χ1n) is 6.27. The zero-order chi connectivity index (χ0) is 19.0. The van der Waals surface area contributed by atoms with E-state index in [-0.39, 0.29) is 10.6 Å². The first kappa shape index (κ1) is 19.3. The standard InChI is InChI=1S/C10H7NO3S.C2H4O6S2/c11-9-8-4-6-3-5(8)1-2-7(6)10(9)15(12,13)14;3-9(4)2-1-8-10(5,6)7/h1-4H,11H2,(H,12,13,14);2H,1H2,(H,5,6,7). The molecule has 0 saturated heterocycles. The topological polar surface area (TPSA) is 178 Å². The van der Waals surface area contributed by atoms with Crippen LogP contribution in [-0.4, -0.2) is 46.3 Å². The molecule has 136 valence electrons. The molecular weight excluding hydrogens is 398 g/mol. The van der Waals surface area contributed by atoms with Crippen molar-refractivity contribution in [3.63, 3.8) is 0 Å². The summed E-state index contributed by atoms with van der Waals surface area (Å²) in [5.41, 5.74) is 7.42. The molecule has 0 heterocycles. The summed E-state index contributed by atoms with van der Waals surface area (Å²) in [5.74, 6) is 0. The Morgan fingerprint density at radius 3 is 2.28 bits per heavy atom. The average Bonchev–Trinajstić information content (AvgIpc) is 2.65. The highest BCUT2D eigenvalue weighted by Gasteiger charge is 2.25. The minimum absolute atomic E-state index is 0.130. The first-order valence-corrected chi connectivity index (χ1v) is 10.2. The third-order valence-corrected chi connectivity index (χ3v) is 4.92. The van der Waals surface area contributed by atoms with Gasteiger partial charge in [-0.1, -0.05) is 12.1 Å². The maximum absolute atomic E-state index is 11.2. The normalized spacial score (nSPS) is 12.2. The molecule has 1 aliphatic carbocycles. The third-order valence-electron chi connectivity index (χ3n) is 3.12. The van der Waals surface area contributed by atoms with Crippen LogP contribution in [-0.2, 0) is 35.0 Å². The fraction of sp³-hybridized carbons (Fsp3) is 0.0833. The van der Waals surface area contributed by atoms with Gasteiger partial charge in [0.2, 0.25) is 10.3 Å². The molecule has 13 heteroatoms. The summed E-state index contributed by atoms with van der Waals surface area (Å²) in [6, 6.07) is 7.14. The molecule has 2 aromatic rings. The van der Waals surface area contributed by atoms with Gasteiger partial charge < -0.3 is 5.73 Å². The summed E-state index contributed by atoms with van der Waals surface area (Å²) < 4.78 is 81.8. The molecule has 4 N–H and O–H groups in total. The van der Waals surface area contributed by atoms with Crippen LogP contribution in [0, 0.1) is 0 Å². The lowest BCUT2D eigenvalue weighted by Crippen LogP contribution is -2.05. The van der Waals surface area contributed by atoms with Gasteiger partial charge in [0, 0.05) is 10.9 Å². The summed E-state index contributed by atoms with van der Waals surface area (Å²) in [7, 11) is -11.3. The van der Waals surface area contributed by atoms with E-state index in [1.54, 1.807) is 12.1 Å². The second kappa shape index (κ2) is 6.70. The van der Waals surface area contributed by atoms with Gasteiger partial charge in [0.05, 0.1) is 11.1 Å². The monoisotopic (exact) mass is 409 g/mol. The molecule has 2 aromatic carbocycles. The van der Waals surface area contributed by atoms with Crippen molar-refractivity contribution in [1.29, 1.82) is 0 Å². The summed E-state index contributed by atoms with van der Waals surface area (Å²) in [6.45, 7) is -0.686. The Morgan fingerprint density at radius 2 is 1.76 bits per heavy atom. The van der Waals surface area contributed by atoms with Gasteiger partial charge in [0.15, 0.2) is 0 Å². The smallest absolute Gasteiger partial charge is 0.397 e. The minimum Gasteiger partial charge on any atom is -0.397 e. The summed E-state index contributed by atoms with van der Waals surface area (Å²) in [6.07, 6.45) is 0. The van der Waals surface area contributed by atoms with Gasteiger partial charge in [-0.15, -0.1) is 0 Å². The number of anilines is 1. The van der Waals surface area contributed by atoms with Gasteiger partial charge in [-0.25, -0.2) is 4.18 Å². The van der Waals surface area contributed by atoms with Crippen LogP contribution in [0.5, 0.6) is 0 Å². The van der Waals surface area contributed by atoms with Crippen molar-refractivity contribution >= 4 is 52.6 Å². The number of nitrogens with two attached hydrogens (primary N) is 1. The van der Waals surface area contributed by atoms with Gasteiger partial charge in [-0.2, -0.15) is 25.3 Å². The van der Waals surface area contributed by atoms with E-state index in [1.807, 2.05) is 12.1 Å². The maximum atomic E-state index is 11.2. The molecule has 25 heavy (non-hydrogen) atoms. The van der Waals surface area contributed by atoms with Crippen molar-refractivity contribution < 1.29 is 38.5 Å². The Balaban J connectivity index is 0.000000199.